The summed E-state index contributed by atoms with van der Waals surface area (Å²) in [6.07, 6.45) is 1.01. The summed E-state index contributed by atoms with van der Waals surface area (Å²) in [4.78, 5) is 0. The van der Waals surface area contributed by atoms with Gasteiger partial charge in [0.2, 0.25) is 0 Å². The van der Waals surface area contributed by atoms with E-state index >= 15 is 0 Å². The lowest BCUT2D eigenvalue weighted by atomic mass is 9.98. The van der Waals surface area contributed by atoms with Gasteiger partial charge in [0.25, 0.3) is 0 Å². The number of hydrogen-bond donors (Lipinski definition) is 1. The first-order chi connectivity index (χ1) is 12.5. The molecule has 0 saturated carbocycles. The Labute approximate surface area is 159 Å². The van der Waals surface area contributed by atoms with Gasteiger partial charge in [-0.25, -0.2) is 0 Å². The molecule has 1 unspecified atom stereocenters. The molecule has 0 saturated heterocycles. The minimum Gasteiger partial charge on any atom is -0.306 e. The molecule has 0 aliphatic carbocycles. The first kappa shape index (κ1) is 18.6. The molecule has 0 radical (unpaired) electrons. The SMILES string of the molecule is C[Si](C)(C)c1ccccc1C(Cc1ccccc1)NCc1ccccc1. The lowest BCUT2D eigenvalue weighted by Gasteiger charge is -2.27. The first-order valence-electron chi connectivity index (χ1n) is 9.44. The fourth-order valence-corrected chi connectivity index (χ4v) is 5.18. The Morgan fingerprint density at radius 1 is 0.692 bits per heavy atom. The summed E-state index contributed by atoms with van der Waals surface area (Å²) < 4.78 is 0. The second kappa shape index (κ2) is 8.48. The van der Waals surface area contributed by atoms with E-state index in [1.54, 1.807) is 5.19 Å². The largest absolute Gasteiger partial charge is 0.306 e. The van der Waals surface area contributed by atoms with Crippen molar-refractivity contribution < 1.29 is 0 Å². The van der Waals surface area contributed by atoms with Crippen LogP contribution in [0.25, 0.3) is 0 Å². The molecule has 0 aliphatic rings. The van der Waals surface area contributed by atoms with E-state index in [4.69, 9.17) is 0 Å². The van der Waals surface area contributed by atoms with Crippen LogP contribution in [0.1, 0.15) is 22.7 Å². The van der Waals surface area contributed by atoms with Gasteiger partial charge in [0, 0.05) is 12.6 Å². The summed E-state index contributed by atoms with van der Waals surface area (Å²) in [5.74, 6) is 0. The molecule has 3 rings (SSSR count). The maximum atomic E-state index is 3.84. The van der Waals surface area contributed by atoms with Crippen LogP contribution in [0.15, 0.2) is 84.9 Å². The van der Waals surface area contributed by atoms with Crippen molar-refractivity contribution in [1.82, 2.24) is 5.32 Å². The average molecular weight is 360 g/mol. The fraction of sp³-hybridized carbons (Fsp3) is 0.250. The van der Waals surface area contributed by atoms with Crippen LogP contribution >= 0.6 is 0 Å². The van der Waals surface area contributed by atoms with E-state index in [9.17, 15) is 0 Å². The third-order valence-electron chi connectivity index (χ3n) is 4.82. The molecule has 1 atom stereocenters. The van der Waals surface area contributed by atoms with Crippen molar-refractivity contribution in [2.24, 2.45) is 0 Å². The van der Waals surface area contributed by atoms with E-state index < -0.39 is 8.07 Å². The highest BCUT2D eigenvalue weighted by Crippen LogP contribution is 2.20. The molecule has 0 fully saturated rings. The molecule has 0 heterocycles. The molecule has 3 aromatic rings. The van der Waals surface area contributed by atoms with Crippen LogP contribution in [0.5, 0.6) is 0 Å². The first-order valence-corrected chi connectivity index (χ1v) is 12.9. The Morgan fingerprint density at radius 3 is 1.85 bits per heavy atom. The Balaban J connectivity index is 1.90. The molecular formula is C24H29NSi. The van der Waals surface area contributed by atoms with E-state index in [-0.39, 0.29) is 0 Å². The molecule has 1 N–H and O–H groups in total. The number of rotatable bonds is 7. The predicted octanol–water partition coefficient (Wildman–Crippen LogP) is 5.31. The minimum atomic E-state index is -1.41. The maximum Gasteiger partial charge on any atom is 0.0780 e. The van der Waals surface area contributed by atoms with Crippen LogP contribution in [-0.4, -0.2) is 8.07 Å². The molecule has 0 aromatic heterocycles. The Hall–Kier alpha value is -2.16. The lowest BCUT2D eigenvalue weighted by Crippen LogP contribution is -2.42. The maximum absolute atomic E-state index is 3.84. The summed E-state index contributed by atoms with van der Waals surface area (Å²) >= 11 is 0. The van der Waals surface area contributed by atoms with Gasteiger partial charge in [-0.05, 0) is 23.1 Å². The van der Waals surface area contributed by atoms with Gasteiger partial charge in [-0.3, -0.25) is 0 Å². The zero-order valence-corrected chi connectivity index (χ0v) is 17.1. The predicted molar refractivity (Wildman–Crippen MR) is 116 cm³/mol. The molecule has 26 heavy (non-hydrogen) atoms. The van der Waals surface area contributed by atoms with Gasteiger partial charge in [-0.15, -0.1) is 0 Å². The standard InChI is InChI=1S/C24H29NSi/c1-26(2,3)24-17-11-10-16-22(24)23(18-20-12-6-4-7-13-20)25-19-21-14-8-5-9-15-21/h4-17,23,25H,18-19H2,1-3H3. The van der Waals surface area contributed by atoms with Crippen molar-refractivity contribution in [3.05, 3.63) is 102 Å². The van der Waals surface area contributed by atoms with Crippen molar-refractivity contribution in [3.8, 4) is 0 Å². The van der Waals surface area contributed by atoms with Gasteiger partial charge in [0.15, 0.2) is 0 Å². The molecule has 1 nitrogen and oxygen atoms in total. The van der Waals surface area contributed by atoms with Crippen molar-refractivity contribution in [2.45, 2.75) is 38.6 Å². The van der Waals surface area contributed by atoms with Crippen LogP contribution in [0.4, 0.5) is 0 Å². The normalized spacial score (nSPS) is 12.7. The van der Waals surface area contributed by atoms with E-state index in [0.717, 1.165) is 13.0 Å². The summed E-state index contributed by atoms with van der Waals surface area (Å²) in [7, 11) is -1.41. The number of benzene rings is 3. The van der Waals surface area contributed by atoms with Crippen LogP contribution < -0.4 is 10.5 Å². The van der Waals surface area contributed by atoms with Crippen LogP contribution in [0.3, 0.4) is 0 Å². The van der Waals surface area contributed by atoms with E-state index in [0.29, 0.717) is 6.04 Å². The third kappa shape index (κ3) is 4.93. The van der Waals surface area contributed by atoms with E-state index in [1.165, 1.54) is 16.7 Å². The van der Waals surface area contributed by atoms with Gasteiger partial charge < -0.3 is 5.32 Å². The highest BCUT2D eigenvalue weighted by Gasteiger charge is 2.24. The van der Waals surface area contributed by atoms with Gasteiger partial charge in [0.1, 0.15) is 0 Å². The zero-order chi connectivity index (χ0) is 18.4. The molecule has 0 bridgehead atoms. The molecule has 0 amide bonds. The topological polar surface area (TPSA) is 12.0 Å². The van der Waals surface area contributed by atoms with Crippen LogP contribution in [-0.2, 0) is 13.0 Å². The third-order valence-corrected chi connectivity index (χ3v) is 6.89. The lowest BCUT2D eigenvalue weighted by molar-refractivity contribution is 0.532. The Bertz CT molecular complexity index is 806. The summed E-state index contributed by atoms with van der Waals surface area (Å²) in [5.41, 5.74) is 4.17. The fourth-order valence-electron chi connectivity index (χ4n) is 3.46. The highest BCUT2D eigenvalue weighted by molar-refractivity contribution is 6.89. The van der Waals surface area contributed by atoms with Crippen molar-refractivity contribution in [2.75, 3.05) is 0 Å². The minimum absolute atomic E-state index is 0.320. The summed E-state index contributed by atoms with van der Waals surface area (Å²) in [6.45, 7) is 8.19. The van der Waals surface area contributed by atoms with E-state index in [2.05, 4.69) is 110 Å². The molecular weight excluding hydrogens is 330 g/mol. The zero-order valence-electron chi connectivity index (χ0n) is 16.1. The van der Waals surface area contributed by atoms with Crippen molar-refractivity contribution in [1.29, 1.82) is 0 Å². The quantitative estimate of drug-likeness (QED) is 0.564. The summed E-state index contributed by atoms with van der Waals surface area (Å²) in [6, 6.07) is 30.8. The molecule has 2 heteroatoms. The Kier molecular flexibility index (Phi) is 6.07. The number of hydrogen-bond acceptors (Lipinski definition) is 1. The van der Waals surface area contributed by atoms with E-state index in [1.807, 2.05) is 0 Å². The average Bonchev–Trinajstić information content (AvgIpc) is 2.66. The molecule has 0 spiro atoms. The van der Waals surface area contributed by atoms with Gasteiger partial charge >= 0.3 is 0 Å². The summed E-state index contributed by atoms with van der Waals surface area (Å²) in [5, 5.41) is 5.39. The van der Waals surface area contributed by atoms with Gasteiger partial charge in [-0.2, -0.15) is 0 Å². The van der Waals surface area contributed by atoms with Crippen LogP contribution in [0, 0.1) is 0 Å². The second-order valence-corrected chi connectivity index (χ2v) is 13.0. The molecule has 3 aromatic carbocycles. The van der Waals surface area contributed by atoms with Crippen molar-refractivity contribution >= 4 is 13.3 Å². The Morgan fingerprint density at radius 2 is 1.23 bits per heavy atom. The number of nitrogens with one attached hydrogen (secondary N) is 1. The second-order valence-electron chi connectivity index (χ2n) is 7.95. The molecule has 0 aliphatic heterocycles. The monoisotopic (exact) mass is 359 g/mol. The van der Waals surface area contributed by atoms with Crippen molar-refractivity contribution in [3.63, 3.8) is 0 Å². The van der Waals surface area contributed by atoms with Gasteiger partial charge in [0.05, 0.1) is 8.07 Å². The van der Waals surface area contributed by atoms with Crippen LogP contribution in [0.2, 0.25) is 19.6 Å². The smallest absolute Gasteiger partial charge is 0.0780 e. The molecule has 134 valence electrons. The van der Waals surface area contributed by atoms with Gasteiger partial charge in [-0.1, -0.05) is 110 Å². The highest BCUT2D eigenvalue weighted by atomic mass is 28.3.